The van der Waals surface area contributed by atoms with Crippen LogP contribution in [0.25, 0.3) is 11.1 Å². The lowest BCUT2D eigenvalue weighted by molar-refractivity contribution is 0.209. The Morgan fingerprint density at radius 3 is 2.61 bits per heavy atom. The fourth-order valence-corrected chi connectivity index (χ4v) is 3.19. The first-order chi connectivity index (χ1) is 13.6. The molecule has 0 spiro atoms. The highest BCUT2D eigenvalue weighted by molar-refractivity contribution is 6.08. The molecule has 1 aliphatic heterocycles. The molecule has 0 aliphatic carbocycles. The lowest BCUT2D eigenvalue weighted by atomic mass is 10.1. The standard InChI is InChI=1S/C21H19N5O2/c22-19-18(10-5-11-23-19)15-6-4-7-16(14-15)24-20(27)26-13-12-25(21(26)28)17-8-2-1-3-9-17/h1-11,14H,12-13H2,(H2,22,23)(H,24,27). The molecule has 0 radical (unpaired) electrons. The summed E-state index contributed by atoms with van der Waals surface area (Å²) >= 11 is 0. The van der Waals surface area contributed by atoms with Crippen LogP contribution in [0.15, 0.2) is 72.9 Å². The van der Waals surface area contributed by atoms with Gasteiger partial charge in [-0.05, 0) is 42.0 Å². The lowest BCUT2D eigenvalue weighted by Gasteiger charge is -2.18. The lowest BCUT2D eigenvalue weighted by Crippen LogP contribution is -2.39. The molecule has 0 unspecified atom stereocenters. The maximum absolute atomic E-state index is 12.6. The fourth-order valence-electron chi connectivity index (χ4n) is 3.19. The van der Waals surface area contributed by atoms with Crippen LogP contribution in [-0.2, 0) is 0 Å². The van der Waals surface area contributed by atoms with Crippen molar-refractivity contribution in [2.75, 3.05) is 29.0 Å². The van der Waals surface area contributed by atoms with Crippen LogP contribution >= 0.6 is 0 Å². The molecule has 1 saturated heterocycles. The summed E-state index contributed by atoms with van der Waals surface area (Å²) in [5.74, 6) is 0.416. The Morgan fingerprint density at radius 2 is 1.82 bits per heavy atom. The van der Waals surface area contributed by atoms with Gasteiger partial charge in [-0.2, -0.15) is 0 Å². The van der Waals surface area contributed by atoms with Crippen molar-refractivity contribution < 1.29 is 9.59 Å². The number of anilines is 3. The van der Waals surface area contributed by atoms with Gasteiger partial charge in [0.25, 0.3) is 0 Å². The minimum absolute atomic E-state index is 0.328. The van der Waals surface area contributed by atoms with E-state index >= 15 is 0 Å². The number of hydrogen-bond donors (Lipinski definition) is 2. The molecule has 2 heterocycles. The van der Waals surface area contributed by atoms with Gasteiger partial charge >= 0.3 is 12.1 Å². The number of nitrogen functional groups attached to an aromatic ring is 1. The van der Waals surface area contributed by atoms with E-state index in [0.717, 1.165) is 16.8 Å². The van der Waals surface area contributed by atoms with Crippen LogP contribution in [0.3, 0.4) is 0 Å². The van der Waals surface area contributed by atoms with Crippen molar-refractivity contribution in [1.82, 2.24) is 9.88 Å². The molecule has 0 bridgehead atoms. The first-order valence-electron chi connectivity index (χ1n) is 8.89. The Hall–Kier alpha value is -3.87. The summed E-state index contributed by atoms with van der Waals surface area (Å²) in [6.45, 7) is 0.789. The van der Waals surface area contributed by atoms with Gasteiger partial charge < -0.3 is 11.1 Å². The van der Waals surface area contributed by atoms with Gasteiger partial charge in [-0.1, -0.05) is 30.3 Å². The molecule has 4 amide bonds. The van der Waals surface area contributed by atoms with Gasteiger partial charge in [-0.15, -0.1) is 0 Å². The third kappa shape index (κ3) is 3.37. The third-order valence-corrected chi connectivity index (χ3v) is 4.59. The van der Waals surface area contributed by atoms with E-state index in [4.69, 9.17) is 5.73 Å². The highest BCUT2D eigenvalue weighted by Gasteiger charge is 2.34. The fraction of sp³-hybridized carbons (Fsp3) is 0.0952. The van der Waals surface area contributed by atoms with Gasteiger partial charge in [0.2, 0.25) is 0 Å². The number of rotatable bonds is 3. The SMILES string of the molecule is Nc1ncccc1-c1cccc(NC(=O)N2CCN(c3ccccc3)C2=O)c1. The van der Waals surface area contributed by atoms with Gasteiger partial charge in [0.05, 0.1) is 6.54 Å². The van der Waals surface area contributed by atoms with Gasteiger partial charge in [0.1, 0.15) is 5.82 Å². The van der Waals surface area contributed by atoms with Gasteiger partial charge in [0, 0.05) is 29.7 Å². The molecule has 4 rings (SSSR count). The first-order valence-corrected chi connectivity index (χ1v) is 8.89. The predicted molar refractivity (Wildman–Crippen MR) is 109 cm³/mol. The average Bonchev–Trinajstić information content (AvgIpc) is 3.11. The minimum Gasteiger partial charge on any atom is -0.383 e. The number of benzene rings is 2. The number of hydrogen-bond acceptors (Lipinski definition) is 4. The normalized spacial score (nSPS) is 13.6. The van der Waals surface area contributed by atoms with Crippen molar-refractivity contribution in [3.63, 3.8) is 0 Å². The third-order valence-electron chi connectivity index (χ3n) is 4.59. The van der Waals surface area contributed by atoms with E-state index in [9.17, 15) is 9.59 Å². The highest BCUT2D eigenvalue weighted by atomic mass is 16.2. The molecule has 28 heavy (non-hydrogen) atoms. The zero-order chi connectivity index (χ0) is 19.5. The minimum atomic E-state index is -0.459. The second-order valence-electron chi connectivity index (χ2n) is 6.37. The van der Waals surface area contributed by atoms with Crippen LogP contribution in [0, 0.1) is 0 Å². The number of aromatic nitrogens is 1. The van der Waals surface area contributed by atoms with E-state index in [0.29, 0.717) is 24.6 Å². The largest absolute Gasteiger partial charge is 0.383 e. The predicted octanol–water partition coefficient (Wildman–Crippen LogP) is 3.80. The highest BCUT2D eigenvalue weighted by Crippen LogP contribution is 2.27. The Morgan fingerprint density at radius 1 is 1.00 bits per heavy atom. The van der Waals surface area contributed by atoms with Crippen molar-refractivity contribution in [1.29, 1.82) is 0 Å². The number of nitrogens with zero attached hydrogens (tertiary/aromatic N) is 3. The molecule has 7 nitrogen and oxygen atoms in total. The number of carbonyl (C=O) groups is 2. The molecule has 140 valence electrons. The summed E-state index contributed by atoms with van der Waals surface area (Å²) in [6.07, 6.45) is 1.63. The van der Waals surface area contributed by atoms with E-state index in [-0.39, 0.29) is 6.03 Å². The molecule has 7 heteroatoms. The molecule has 0 saturated carbocycles. The molecule has 3 aromatic rings. The topological polar surface area (TPSA) is 91.6 Å². The number of nitrogens with two attached hydrogens (primary N) is 1. The monoisotopic (exact) mass is 373 g/mol. The quantitative estimate of drug-likeness (QED) is 0.730. The Bertz CT molecular complexity index is 1020. The molecule has 3 N–H and O–H groups in total. The van der Waals surface area contributed by atoms with Crippen LogP contribution in [0.1, 0.15) is 0 Å². The summed E-state index contributed by atoms with van der Waals surface area (Å²) in [5, 5.41) is 2.79. The van der Waals surface area contributed by atoms with E-state index in [1.165, 1.54) is 4.90 Å². The summed E-state index contributed by atoms with van der Waals surface area (Å²) in [5.41, 5.74) is 8.91. The van der Waals surface area contributed by atoms with E-state index in [1.54, 1.807) is 29.3 Å². The summed E-state index contributed by atoms with van der Waals surface area (Å²) in [7, 11) is 0. The average molecular weight is 373 g/mol. The van der Waals surface area contributed by atoms with Gasteiger partial charge in [-0.3, -0.25) is 4.90 Å². The van der Waals surface area contributed by atoms with E-state index in [2.05, 4.69) is 10.3 Å². The smallest absolute Gasteiger partial charge is 0.332 e. The number of amides is 4. The van der Waals surface area contributed by atoms with Crippen molar-refractivity contribution in [3.8, 4) is 11.1 Å². The maximum Gasteiger partial charge on any atom is 0.332 e. The van der Waals surface area contributed by atoms with Gasteiger partial charge in [0.15, 0.2) is 0 Å². The van der Waals surface area contributed by atoms with Crippen molar-refractivity contribution >= 4 is 29.3 Å². The number of urea groups is 2. The number of para-hydroxylation sites is 1. The van der Waals surface area contributed by atoms with Crippen LogP contribution in [0.2, 0.25) is 0 Å². The molecular weight excluding hydrogens is 354 g/mol. The van der Waals surface area contributed by atoms with Gasteiger partial charge in [-0.25, -0.2) is 19.5 Å². The van der Waals surface area contributed by atoms with Crippen LogP contribution < -0.4 is 16.0 Å². The molecule has 0 atom stereocenters. The molecule has 2 aromatic carbocycles. The van der Waals surface area contributed by atoms with E-state index < -0.39 is 6.03 Å². The number of imide groups is 1. The second kappa shape index (κ2) is 7.40. The maximum atomic E-state index is 12.6. The molecule has 1 fully saturated rings. The zero-order valence-electron chi connectivity index (χ0n) is 15.1. The summed E-state index contributed by atoms with van der Waals surface area (Å²) in [6, 6.07) is 19.5. The summed E-state index contributed by atoms with van der Waals surface area (Å²) < 4.78 is 0. The molecule has 1 aliphatic rings. The van der Waals surface area contributed by atoms with Crippen molar-refractivity contribution in [2.45, 2.75) is 0 Å². The first kappa shape index (κ1) is 17.5. The number of nitrogens with one attached hydrogen (secondary N) is 1. The van der Waals surface area contributed by atoms with Crippen LogP contribution in [0.4, 0.5) is 26.8 Å². The Kier molecular flexibility index (Phi) is 4.63. The Balaban J connectivity index is 1.50. The van der Waals surface area contributed by atoms with Crippen LogP contribution in [0.5, 0.6) is 0 Å². The molecular formula is C21H19N5O2. The number of pyridine rings is 1. The van der Waals surface area contributed by atoms with Crippen molar-refractivity contribution in [2.24, 2.45) is 0 Å². The summed E-state index contributed by atoms with van der Waals surface area (Å²) in [4.78, 5) is 32.2. The van der Waals surface area contributed by atoms with E-state index in [1.807, 2.05) is 48.5 Å². The zero-order valence-corrected chi connectivity index (χ0v) is 15.1. The van der Waals surface area contributed by atoms with Crippen molar-refractivity contribution in [3.05, 3.63) is 72.9 Å². The van der Waals surface area contributed by atoms with Crippen LogP contribution in [-0.4, -0.2) is 35.0 Å². The number of carbonyl (C=O) groups excluding carboxylic acids is 2. The molecule has 1 aromatic heterocycles. The second-order valence-corrected chi connectivity index (χ2v) is 6.37. The Labute approximate surface area is 162 Å².